The van der Waals surface area contributed by atoms with E-state index in [1.54, 1.807) is 23.1 Å². The van der Waals surface area contributed by atoms with E-state index in [4.69, 9.17) is 28.2 Å². The number of Topliss-reactive ketones (excluding diaryl/α,β-unsaturated/α-hetero) is 1. The van der Waals surface area contributed by atoms with Gasteiger partial charge in [-0.15, -0.1) is 0 Å². The van der Waals surface area contributed by atoms with Crippen LogP contribution in [0.5, 0.6) is 0 Å². The molecule has 3 atom stereocenters. The molecule has 1 aliphatic carbocycles. The third kappa shape index (κ3) is 6.09. The van der Waals surface area contributed by atoms with E-state index in [0.29, 0.717) is 33.6 Å². The van der Waals surface area contributed by atoms with Gasteiger partial charge >= 0.3 is 5.97 Å². The highest BCUT2D eigenvalue weighted by Gasteiger charge is 2.46. The second-order valence-electron chi connectivity index (χ2n) is 11.8. The van der Waals surface area contributed by atoms with Crippen LogP contribution in [-0.2, 0) is 19.8 Å². The van der Waals surface area contributed by atoms with Gasteiger partial charge in [-0.2, -0.15) is 0 Å². The minimum absolute atomic E-state index is 0.0187. The van der Waals surface area contributed by atoms with E-state index < -0.39 is 17.9 Å². The summed E-state index contributed by atoms with van der Waals surface area (Å²) < 4.78 is 0. The fourth-order valence-electron chi connectivity index (χ4n) is 5.84. The standard InChI is InChI=1S/C33H32Cl2N2O4/c1-33(2,3)22-8-4-20(5-9-22)32-31-26(16-21(17-28(31)38)19-6-10-23(34)11-7-19)36-25-18-24(35)12-13-27(25)37(32)29(39)14-15-30(40)41/h4-13,18,21,31-32H,14-17H2,1-3H3,(H,40,41)/t21-,31+,32-/m1/s1. The Morgan fingerprint density at radius 1 is 0.902 bits per heavy atom. The third-order valence-corrected chi connectivity index (χ3v) is 8.43. The zero-order valence-electron chi connectivity index (χ0n) is 23.2. The van der Waals surface area contributed by atoms with Crippen molar-refractivity contribution in [3.63, 3.8) is 0 Å². The number of amides is 1. The Balaban J connectivity index is 1.67. The summed E-state index contributed by atoms with van der Waals surface area (Å²) in [6.45, 7) is 6.38. The number of carbonyl (C=O) groups excluding carboxylic acids is 2. The molecule has 212 valence electrons. The summed E-state index contributed by atoms with van der Waals surface area (Å²) in [6, 6.07) is 19.9. The van der Waals surface area contributed by atoms with Crippen molar-refractivity contribution in [2.75, 3.05) is 4.90 Å². The van der Waals surface area contributed by atoms with Crippen LogP contribution in [-0.4, -0.2) is 28.5 Å². The SMILES string of the molecule is CC(C)(C)c1ccc([C@@H]2[C@@H]3C(=O)C[C@H](c4ccc(Cl)cc4)CC3=Nc3cc(Cl)ccc3N2C(=O)CCC(=O)O)cc1. The molecule has 0 aromatic heterocycles. The van der Waals surface area contributed by atoms with Gasteiger partial charge in [-0.1, -0.05) is 80.4 Å². The molecule has 1 amide bonds. The van der Waals surface area contributed by atoms with Gasteiger partial charge in [-0.3, -0.25) is 19.4 Å². The van der Waals surface area contributed by atoms with Crippen molar-refractivity contribution in [2.24, 2.45) is 10.9 Å². The zero-order valence-corrected chi connectivity index (χ0v) is 24.7. The van der Waals surface area contributed by atoms with Crippen LogP contribution in [0.15, 0.2) is 71.7 Å². The molecule has 1 heterocycles. The molecular formula is C33H32Cl2N2O4. The first-order valence-corrected chi connectivity index (χ1v) is 14.5. The van der Waals surface area contributed by atoms with Gasteiger partial charge in [-0.05, 0) is 64.8 Å². The van der Waals surface area contributed by atoms with Crippen LogP contribution in [0.3, 0.4) is 0 Å². The molecule has 1 N–H and O–H groups in total. The summed E-state index contributed by atoms with van der Waals surface area (Å²) in [5.74, 6) is -2.25. The summed E-state index contributed by atoms with van der Waals surface area (Å²) in [4.78, 5) is 46.0. The molecule has 1 saturated carbocycles. The first kappa shape index (κ1) is 29.0. The zero-order chi connectivity index (χ0) is 29.5. The molecular weight excluding hydrogens is 559 g/mol. The van der Waals surface area contributed by atoms with Crippen molar-refractivity contribution >= 4 is 57.9 Å². The number of hydrogen-bond donors (Lipinski definition) is 1. The fraction of sp³-hybridized carbons (Fsp3) is 0.333. The largest absolute Gasteiger partial charge is 0.481 e. The number of aliphatic carboxylic acids is 1. The molecule has 3 aromatic rings. The van der Waals surface area contributed by atoms with Crippen molar-refractivity contribution < 1.29 is 19.5 Å². The van der Waals surface area contributed by atoms with E-state index in [1.165, 1.54) is 0 Å². The maximum atomic E-state index is 14.1. The maximum Gasteiger partial charge on any atom is 0.303 e. The lowest BCUT2D eigenvalue weighted by atomic mass is 9.71. The molecule has 2 aliphatic rings. The topological polar surface area (TPSA) is 87.0 Å². The number of halogens is 2. The molecule has 0 unspecified atom stereocenters. The minimum Gasteiger partial charge on any atom is -0.481 e. The Morgan fingerprint density at radius 3 is 2.17 bits per heavy atom. The van der Waals surface area contributed by atoms with Gasteiger partial charge < -0.3 is 10.0 Å². The lowest BCUT2D eigenvalue weighted by Crippen LogP contribution is -2.45. The number of carboxylic acids is 1. The van der Waals surface area contributed by atoms with Gasteiger partial charge in [0.25, 0.3) is 0 Å². The van der Waals surface area contributed by atoms with Crippen molar-refractivity contribution in [3.05, 3.63) is 93.5 Å². The monoisotopic (exact) mass is 590 g/mol. The van der Waals surface area contributed by atoms with Crippen molar-refractivity contribution in [1.82, 2.24) is 0 Å². The second-order valence-corrected chi connectivity index (χ2v) is 12.7. The van der Waals surface area contributed by atoms with Gasteiger partial charge in [0.2, 0.25) is 5.91 Å². The summed E-state index contributed by atoms with van der Waals surface area (Å²) in [6.07, 6.45) is 0.282. The number of benzene rings is 3. The van der Waals surface area contributed by atoms with Gasteiger partial charge in [0.05, 0.1) is 29.8 Å². The Labute approximate surface area is 250 Å². The minimum atomic E-state index is -1.06. The number of carbonyl (C=O) groups is 3. The lowest BCUT2D eigenvalue weighted by molar-refractivity contribution is -0.138. The summed E-state index contributed by atoms with van der Waals surface area (Å²) in [7, 11) is 0. The van der Waals surface area contributed by atoms with Crippen molar-refractivity contribution in [2.45, 2.75) is 63.8 Å². The number of hydrogen-bond acceptors (Lipinski definition) is 4. The Morgan fingerprint density at radius 2 is 1.54 bits per heavy atom. The molecule has 6 nitrogen and oxygen atoms in total. The predicted octanol–water partition coefficient (Wildman–Crippen LogP) is 8.08. The number of ketones is 1. The normalized spacial score (nSPS) is 20.5. The fourth-order valence-corrected chi connectivity index (χ4v) is 6.13. The highest BCUT2D eigenvalue weighted by Crippen LogP contribution is 2.48. The first-order valence-electron chi connectivity index (χ1n) is 13.7. The highest BCUT2D eigenvalue weighted by atomic mass is 35.5. The lowest BCUT2D eigenvalue weighted by Gasteiger charge is -2.39. The number of rotatable bonds is 5. The Kier molecular flexibility index (Phi) is 8.09. The van der Waals surface area contributed by atoms with Crippen LogP contribution < -0.4 is 4.90 Å². The summed E-state index contributed by atoms with van der Waals surface area (Å²) in [5, 5.41) is 10.4. The van der Waals surface area contributed by atoms with Crippen LogP contribution in [0.4, 0.5) is 11.4 Å². The average Bonchev–Trinajstić information content (AvgIpc) is 3.06. The molecule has 1 aliphatic heterocycles. The predicted molar refractivity (Wildman–Crippen MR) is 163 cm³/mol. The molecule has 8 heteroatoms. The highest BCUT2D eigenvalue weighted by molar-refractivity contribution is 6.31. The third-order valence-electron chi connectivity index (χ3n) is 7.95. The number of fused-ring (bicyclic) bond motifs is 2. The molecule has 0 saturated heterocycles. The number of aliphatic imine (C=N–C) groups is 1. The quantitative estimate of drug-likeness (QED) is 0.325. The molecule has 41 heavy (non-hydrogen) atoms. The average molecular weight is 592 g/mol. The van der Waals surface area contributed by atoms with Gasteiger partial charge in [-0.25, -0.2) is 0 Å². The van der Waals surface area contributed by atoms with E-state index >= 15 is 0 Å². The molecule has 0 radical (unpaired) electrons. The Bertz CT molecular complexity index is 1520. The first-order chi connectivity index (χ1) is 19.4. The van der Waals surface area contributed by atoms with Crippen LogP contribution >= 0.6 is 23.2 Å². The number of nitrogens with zero attached hydrogens (tertiary/aromatic N) is 2. The van der Waals surface area contributed by atoms with Crippen LogP contribution in [0, 0.1) is 5.92 Å². The summed E-state index contributed by atoms with van der Waals surface area (Å²) in [5.41, 5.74) is 4.51. The van der Waals surface area contributed by atoms with Crippen LogP contribution in [0.2, 0.25) is 10.0 Å². The molecule has 3 aromatic carbocycles. The number of carboxylic acid groups (broad SMARTS) is 1. The molecule has 0 bridgehead atoms. The van der Waals surface area contributed by atoms with Crippen LogP contribution in [0.25, 0.3) is 0 Å². The van der Waals surface area contributed by atoms with Crippen LogP contribution in [0.1, 0.15) is 75.1 Å². The van der Waals surface area contributed by atoms with E-state index in [9.17, 15) is 19.5 Å². The smallest absolute Gasteiger partial charge is 0.303 e. The van der Waals surface area contributed by atoms with E-state index in [-0.39, 0.29) is 42.3 Å². The number of anilines is 1. The summed E-state index contributed by atoms with van der Waals surface area (Å²) >= 11 is 12.5. The second kappa shape index (κ2) is 11.4. The van der Waals surface area contributed by atoms with Gasteiger partial charge in [0.15, 0.2) is 0 Å². The molecule has 0 spiro atoms. The molecule has 5 rings (SSSR count). The van der Waals surface area contributed by atoms with E-state index in [2.05, 4.69) is 20.8 Å². The Hall–Kier alpha value is -3.48. The molecule has 1 fully saturated rings. The van der Waals surface area contributed by atoms with E-state index in [1.807, 2.05) is 48.5 Å². The van der Waals surface area contributed by atoms with Crippen molar-refractivity contribution in [1.29, 1.82) is 0 Å². The van der Waals surface area contributed by atoms with Crippen molar-refractivity contribution in [3.8, 4) is 0 Å². The maximum absolute atomic E-state index is 14.1. The van der Waals surface area contributed by atoms with Gasteiger partial charge in [0.1, 0.15) is 5.78 Å². The van der Waals surface area contributed by atoms with Gasteiger partial charge in [0, 0.05) is 28.6 Å². The van der Waals surface area contributed by atoms with E-state index in [0.717, 1.165) is 16.7 Å².